The first-order valence-corrected chi connectivity index (χ1v) is 6.69. The van der Waals surface area contributed by atoms with Gasteiger partial charge in [-0.25, -0.2) is 5.84 Å². The molecule has 0 heterocycles. The molecule has 5 heteroatoms. The molecule has 0 aromatic carbocycles. The third-order valence-electron chi connectivity index (χ3n) is 2.30. The number of carbonyl (C=O) groups is 1. The molecule has 0 fully saturated rings. The third kappa shape index (κ3) is 8.72. The third-order valence-corrected chi connectivity index (χ3v) is 3.35. The van der Waals surface area contributed by atoms with E-state index in [4.69, 9.17) is 5.84 Å². The lowest BCUT2D eigenvalue weighted by molar-refractivity contribution is -0.121. The number of nitrogens with zero attached hydrogens (tertiary/aromatic N) is 1. The summed E-state index contributed by atoms with van der Waals surface area (Å²) in [6.07, 6.45) is 1.45. The molecule has 90 valence electrons. The van der Waals surface area contributed by atoms with Gasteiger partial charge in [-0.15, -0.1) is 0 Å². The number of nitrogens with two attached hydrogens (primary N) is 1. The fraction of sp³-hybridized carbons (Fsp3) is 0.900. The molecular weight excluding hydrogens is 210 g/mol. The smallest absolute Gasteiger partial charge is 0.233 e. The fourth-order valence-electron chi connectivity index (χ4n) is 1.24. The lowest BCUT2D eigenvalue weighted by Crippen LogP contribution is -2.29. The monoisotopic (exact) mass is 233 g/mol. The lowest BCUT2D eigenvalue weighted by atomic mass is 10.3. The summed E-state index contributed by atoms with van der Waals surface area (Å²) in [5.41, 5.74) is 2.14. The Labute approximate surface area is 96.9 Å². The van der Waals surface area contributed by atoms with Crippen molar-refractivity contribution in [2.75, 3.05) is 31.1 Å². The van der Waals surface area contributed by atoms with Crippen LogP contribution in [0.4, 0.5) is 0 Å². The quantitative estimate of drug-likeness (QED) is 0.268. The molecule has 0 bridgehead atoms. The number of amides is 1. The molecule has 0 aliphatic heterocycles. The maximum absolute atomic E-state index is 10.8. The number of thioether (sulfide) groups is 1. The molecule has 0 aliphatic carbocycles. The highest BCUT2D eigenvalue weighted by Gasteiger charge is 2.00. The first kappa shape index (κ1) is 14.7. The molecule has 1 amide bonds. The molecule has 4 nitrogen and oxygen atoms in total. The van der Waals surface area contributed by atoms with Gasteiger partial charge in [-0.05, 0) is 25.3 Å². The number of rotatable bonds is 9. The van der Waals surface area contributed by atoms with Crippen LogP contribution in [0.1, 0.15) is 26.7 Å². The van der Waals surface area contributed by atoms with Crippen molar-refractivity contribution in [1.82, 2.24) is 10.3 Å². The van der Waals surface area contributed by atoms with Crippen LogP contribution in [0.5, 0.6) is 0 Å². The van der Waals surface area contributed by atoms with E-state index in [1.165, 1.54) is 0 Å². The van der Waals surface area contributed by atoms with Crippen molar-refractivity contribution in [1.29, 1.82) is 0 Å². The Morgan fingerprint density at radius 3 is 2.53 bits per heavy atom. The van der Waals surface area contributed by atoms with Gasteiger partial charge < -0.3 is 4.90 Å². The molecule has 0 atom stereocenters. The van der Waals surface area contributed by atoms with E-state index in [1.807, 2.05) is 11.8 Å². The Bertz CT molecular complexity index is 163. The van der Waals surface area contributed by atoms with Gasteiger partial charge in [-0.1, -0.05) is 13.8 Å². The van der Waals surface area contributed by atoms with Crippen molar-refractivity contribution in [2.24, 2.45) is 5.84 Å². The second kappa shape index (κ2) is 10.3. The number of nitrogens with one attached hydrogen (secondary N) is 1. The molecular formula is C10H23N3OS. The molecule has 0 radical (unpaired) electrons. The van der Waals surface area contributed by atoms with Crippen LogP contribution in [0.3, 0.4) is 0 Å². The van der Waals surface area contributed by atoms with Gasteiger partial charge in [-0.2, -0.15) is 11.8 Å². The molecule has 0 saturated heterocycles. The summed E-state index contributed by atoms with van der Waals surface area (Å²) in [6, 6.07) is 0. The van der Waals surface area contributed by atoms with Crippen LogP contribution in [0.25, 0.3) is 0 Å². The van der Waals surface area contributed by atoms with E-state index in [0.717, 1.165) is 37.6 Å². The standard InChI is InChI=1S/C10H23N3OS/c1-3-13(4-2)7-9-15-8-5-6-10(14)12-11/h3-9,11H2,1-2H3,(H,12,14). The van der Waals surface area contributed by atoms with Gasteiger partial charge >= 0.3 is 0 Å². The molecule has 0 unspecified atom stereocenters. The van der Waals surface area contributed by atoms with E-state index in [2.05, 4.69) is 24.2 Å². The first-order chi connectivity index (χ1) is 7.24. The maximum atomic E-state index is 10.8. The Hall–Kier alpha value is -0.260. The van der Waals surface area contributed by atoms with Crippen LogP contribution in [0.2, 0.25) is 0 Å². The van der Waals surface area contributed by atoms with Crippen molar-refractivity contribution < 1.29 is 4.79 Å². The van der Waals surface area contributed by atoms with Crippen LogP contribution in [-0.2, 0) is 4.79 Å². The first-order valence-electron chi connectivity index (χ1n) is 5.54. The highest BCUT2D eigenvalue weighted by molar-refractivity contribution is 7.99. The molecule has 0 spiro atoms. The predicted molar refractivity (Wildman–Crippen MR) is 66.7 cm³/mol. The molecule has 0 aliphatic rings. The Kier molecular flexibility index (Phi) is 10.1. The molecule has 0 saturated carbocycles. The normalized spacial score (nSPS) is 10.7. The van der Waals surface area contributed by atoms with Crippen LogP contribution in [0.15, 0.2) is 0 Å². The molecule has 0 aromatic rings. The van der Waals surface area contributed by atoms with E-state index in [1.54, 1.807) is 0 Å². The van der Waals surface area contributed by atoms with E-state index >= 15 is 0 Å². The second-order valence-corrected chi connectivity index (χ2v) is 4.54. The van der Waals surface area contributed by atoms with Gasteiger partial charge in [0.05, 0.1) is 0 Å². The van der Waals surface area contributed by atoms with Gasteiger partial charge in [-0.3, -0.25) is 10.2 Å². The van der Waals surface area contributed by atoms with E-state index in [9.17, 15) is 4.79 Å². The van der Waals surface area contributed by atoms with Crippen molar-refractivity contribution in [3.8, 4) is 0 Å². The van der Waals surface area contributed by atoms with E-state index < -0.39 is 0 Å². The summed E-state index contributed by atoms with van der Waals surface area (Å²) in [5, 5.41) is 0. The van der Waals surface area contributed by atoms with Gasteiger partial charge in [0.1, 0.15) is 0 Å². The van der Waals surface area contributed by atoms with Crippen molar-refractivity contribution in [2.45, 2.75) is 26.7 Å². The van der Waals surface area contributed by atoms with Crippen LogP contribution in [-0.4, -0.2) is 41.9 Å². The van der Waals surface area contributed by atoms with Gasteiger partial charge in [0.15, 0.2) is 0 Å². The van der Waals surface area contributed by atoms with Crippen molar-refractivity contribution >= 4 is 17.7 Å². The molecule has 15 heavy (non-hydrogen) atoms. The van der Waals surface area contributed by atoms with Crippen LogP contribution >= 0.6 is 11.8 Å². The van der Waals surface area contributed by atoms with Gasteiger partial charge in [0.25, 0.3) is 0 Å². The van der Waals surface area contributed by atoms with E-state index in [-0.39, 0.29) is 5.91 Å². The zero-order valence-corrected chi connectivity index (χ0v) is 10.6. The topological polar surface area (TPSA) is 58.4 Å². The number of hydrogen-bond donors (Lipinski definition) is 2. The number of carbonyl (C=O) groups excluding carboxylic acids is 1. The van der Waals surface area contributed by atoms with Crippen molar-refractivity contribution in [3.05, 3.63) is 0 Å². The highest BCUT2D eigenvalue weighted by Crippen LogP contribution is 2.05. The molecule has 0 rings (SSSR count). The van der Waals surface area contributed by atoms with Crippen LogP contribution < -0.4 is 11.3 Å². The Morgan fingerprint density at radius 1 is 1.33 bits per heavy atom. The summed E-state index contributed by atoms with van der Waals surface area (Å²) in [4.78, 5) is 13.2. The largest absolute Gasteiger partial charge is 0.303 e. The summed E-state index contributed by atoms with van der Waals surface area (Å²) in [5.74, 6) is 7.09. The summed E-state index contributed by atoms with van der Waals surface area (Å²) in [7, 11) is 0. The Balaban J connectivity index is 3.21. The Morgan fingerprint density at radius 2 is 2.00 bits per heavy atom. The summed E-state index contributed by atoms with van der Waals surface area (Å²) >= 11 is 1.90. The van der Waals surface area contributed by atoms with Gasteiger partial charge in [0.2, 0.25) is 5.91 Å². The lowest BCUT2D eigenvalue weighted by Gasteiger charge is -2.17. The maximum Gasteiger partial charge on any atom is 0.233 e. The van der Waals surface area contributed by atoms with E-state index in [0.29, 0.717) is 6.42 Å². The minimum atomic E-state index is -0.0701. The minimum Gasteiger partial charge on any atom is -0.303 e. The SMILES string of the molecule is CCN(CC)CCSCCCC(=O)NN. The average molecular weight is 233 g/mol. The zero-order valence-electron chi connectivity index (χ0n) is 9.79. The molecule has 3 N–H and O–H groups in total. The summed E-state index contributed by atoms with van der Waals surface area (Å²) < 4.78 is 0. The van der Waals surface area contributed by atoms with Gasteiger partial charge in [0, 0.05) is 18.7 Å². The minimum absolute atomic E-state index is 0.0701. The average Bonchev–Trinajstić information content (AvgIpc) is 2.28. The number of hydrogen-bond acceptors (Lipinski definition) is 4. The molecule has 0 aromatic heterocycles. The highest BCUT2D eigenvalue weighted by atomic mass is 32.2. The number of hydrazine groups is 1. The second-order valence-electron chi connectivity index (χ2n) is 3.31. The zero-order chi connectivity index (χ0) is 11.5. The predicted octanol–water partition coefficient (Wildman–Crippen LogP) is 0.832. The fourth-order valence-corrected chi connectivity index (χ4v) is 2.18. The summed E-state index contributed by atoms with van der Waals surface area (Å²) in [6.45, 7) is 7.74. The van der Waals surface area contributed by atoms with Crippen molar-refractivity contribution in [3.63, 3.8) is 0 Å². The van der Waals surface area contributed by atoms with Crippen LogP contribution in [0, 0.1) is 0 Å².